The molecule has 1 heterocycles. The van der Waals surface area contributed by atoms with Crippen LogP contribution in [0.2, 0.25) is 0 Å². The van der Waals surface area contributed by atoms with Crippen LogP contribution in [0.15, 0.2) is 78.9 Å². The van der Waals surface area contributed by atoms with Crippen molar-refractivity contribution in [2.24, 2.45) is 0 Å². The van der Waals surface area contributed by atoms with Crippen LogP contribution in [0.1, 0.15) is 11.1 Å². The monoisotopic (exact) mass is 360 g/mol. The lowest BCUT2D eigenvalue weighted by Crippen LogP contribution is -2.53. The molecule has 0 unspecified atom stereocenters. The lowest BCUT2D eigenvalue weighted by atomic mass is 9.99. The molecule has 3 aromatic rings. The number of hydrogen-bond acceptors (Lipinski definition) is 4. The van der Waals surface area contributed by atoms with E-state index in [9.17, 15) is 15.1 Å². The second-order valence-electron chi connectivity index (χ2n) is 6.64. The maximum absolute atomic E-state index is 12.9. The Bertz CT molecular complexity index is 941. The summed E-state index contributed by atoms with van der Waals surface area (Å²) in [5.41, 5.74) is 3.30. The Morgan fingerprint density at radius 2 is 1.41 bits per heavy atom. The molecule has 1 atom stereocenters. The summed E-state index contributed by atoms with van der Waals surface area (Å²) in [6, 6.07) is 23.6. The molecule has 0 saturated carbocycles. The number of phenols is 1. The molecule has 136 valence electrons. The van der Waals surface area contributed by atoms with Crippen LogP contribution < -0.4 is 9.96 Å². The zero-order valence-electron chi connectivity index (χ0n) is 14.7. The number of benzene rings is 3. The average Bonchev–Trinajstić information content (AvgIpc) is 2.71. The summed E-state index contributed by atoms with van der Waals surface area (Å²) in [5.74, 6) is -0.179. The van der Waals surface area contributed by atoms with Gasteiger partial charge in [0.25, 0.3) is 5.91 Å². The molecule has 0 fully saturated rings. The molecule has 0 aromatic heterocycles. The highest BCUT2D eigenvalue weighted by Gasteiger charge is 2.37. The summed E-state index contributed by atoms with van der Waals surface area (Å²) in [6.07, 6.45) is 0.428. The molecule has 0 aliphatic carbocycles. The molecule has 1 aliphatic rings. The minimum atomic E-state index is -0.547. The first kappa shape index (κ1) is 17.1. The number of amides is 1. The summed E-state index contributed by atoms with van der Waals surface area (Å²) < 4.78 is 0. The van der Waals surface area contributed by atoms with E-state index in [1.165, 1.54) is 0 Å². The zero-order valence-corrected chi connectivity index (χ0v) is 14.7. The molecule has 1 amide bonds. The third kappa shape index (κ3) is 3.37. The number of rotatable bonds is 4. The van der Waals surface area contributed by atoms with E-state index in [0.29, 0.717) is 18.7 Å². The number of nitrogens with zero attached hydrogens (tertiary/aromatic N) is 2. The second kappa shape index (κ2) is 7.13. The standard InChI is InChI=1S/C22H20N2O3/c25-18-12-10-16(11-13-18)14-21-22(26)24(27)20-9-5-4-8-19(20)23(21)15-17-6-2-1-3-7-17/h1-13,21,25,27H,14-15H2/t21-/m1/s1. The van der Waals surface area contributed by atoms with E-state index in [0.717, 1.165) is 21.9 Å². The van der Waals surface area contributed by atoms with Gasteiger partial charge < -0.3 is 10.0 Å². The van der Waals surface area contributed by atoms with E-state index in [4.69, 9.17) is 0 Å². The van der Waals surface area contributed by atoms with E-state index >= 15 is 0 Å². The first-order valence-corrected chi connectivity index (χ1v) is 8.84. The highest BCUT2D eigenvalue weighted by atomic mass is 16.5. The van der Waals surface area contributed by atoms with Gasteiger partial charge in [0.1, 0.15) is 11.8 Å². The van der Waals surface area contributed by atoms with Gasteiger partial charge in [-0.25, -0.2) is 0 Å². The zero-order chi connectivity index (χ0) is 18.8. The summed E-state index contributed by atoms with van der Waals surface area (Å²) in [5, 5.41) is 20.7. The molecule has 0 spiro atoms. The SMILES string of the molecule is O=C1[C@@H](Cc2ccc(O)cc2)N(Cc2ccccc2)c2ccccc2N1O. The highest BCUT2D eigenvalue weighted by molar-refractivity contribution is 6.03. The quantitative estimate of drug-likeness (QED) is 0.696. The molecular formula is C22H20N2O3. The smallest absolute Gasteiger partial charge is 0.273 e. The Morgan fingerprint density at radius 1 is 0.778 bits per heavy atom. The molecule has 5 nitrogen and oxygen atoms in total. The third-order valence-electron chi connectivity index (χ3n) is 4.85. The molecule has 0 saturated heterocycles. The van der Waals surface area contributed by atoms with Gasteiger partial charge in [0.05, 0.1) is 11.4 Å². The van der Waals surface area contributed by atoms with Gasteiger partial charge in [-0.05, 0) is 35.4 Å². The first-order valence-electron chi connectivity index (χ1n) is 8.84. The molecule has 3 aromatic carbocycles. The summed E-state index contributed by atoms with van der Waals surface area (Å²) in [7, 11) is 0. The fourth-order valence-corrected chi connectivity index (χ4v) is 3.48. The number of carbonyl (C=O) groups is 1. The van der Waals surface area contributed by atoms with Crippen LogP contribution in [0, 0.1) is 0 Å². The van der Waals surface area contributed by atoms with Gasteiger partial charge in [-0.1, -0.05) is 54.6 Å². The van der Waals surface area contributed by atoms with Crippen molar-refractivity contribution >= 4 is 17.3 Å². The average molecular weight is 360 g/mol. The number of aromatic hydroxyl groups is 1. The molecular weight excluding hydrogens is 340 g/mol. The normalized spacial score (nSPS) is 16.3. The Morgan fingerprint density at radius 3 is 2.11 bits per heavy atom. The van der Waals surface area contributed by atoms with Crippen LogP contribution in [0.25, 0.3) is 0 Å². The van der Waals surface area contributed by atoms with Crippen molar-refractivity contribution in [1.82, 2.24) is 0 Å². The van der Waals surface area contributed by atoms with Crippen molar-refractivity contribution < 1.29 is 15.1 Å². The van der Waals surface area contributed by atoms with E-state index in [-0.39, 0.29) is 11.7 Å². The number of para-hydroxylation sites is 2. The number of phenolic OH excluding ortho intramolecular Hbond substituents is 1. The van der Waals surface area contributed by atoms with Gasteiger partial charge in [-0.2, -0.15) is 5.06 Å². The van der Waals surface area contributed by atoms with Crippen molar-refractivity contribution in [1.29, 1.82) is 0 Å². The number of anilines is 2. The molecule has 5 heteroatoms. The molecule has 0 radical (unpaired) electrons. The van der Waals surface area contributed by atoms with Crippen LogP contribution in [-0.2, 0) is 17.8 Å². The number of hydrogen-bond donors (Lipinski definition) is 2. The third-order valence-corrected chi connectivity index (χ3v) is 4.85. The van der Waals surface area contributed by atoms with E-state index in [2.05, 4.69) is 0 Å². The van der Waals surface area contributed by atoms with Crippen LogP contribution in [0.4, 0.5) is 11.4 Å². The van der Waals surface area contributed by atoms with Crippen molar-refractivity contribution in [3.63, 3.8) is 0 Å². The van der Waals surface area contributed by atoms with Crippen LogP contribution in [0.3, 0.4) is 0 Å². The molecule has 4 rings (SSSR count). The van der Waals surface area contributed by atoms with Crippen molar-refractivity contribution in [3.05, 3.63) is 90.0 Å². The number of fused-ring (bicyclic) bond motifs is 1. The predicted octanol–water partition coefficient (Wildman–Crippen LogP) is 3.75. The summed E-state index contributed by atoms with van der Waals surface area (Å²) in [4.78, 5) is 15.0. The van der Waals surface area contributed by atoms with E-state index in [1.54, 1.807) is 36.4 Å². The summed E-state index contributed by atoms with van der Waals surface area (Å²) >= 11 is 0. The number of carbonyl (C=O) groups excluding carboxylic acids is 1. The molecule has 27 heavy (non-hydrogen) atoms. The summed E-state index contributed by atoms with van der Waals surface area (Å²) in [6.45, 7) is 0.556. The molecule has 0 bridgehead atoms. The maximum atomic E-state index is 12.9. The van der Waals surface area contributed by atoms with Gasteiger partial charge in [-0.3, -0.25) is 10.0 Å². The van der Waals surface area contributed by atoms with Crippen molar-refractivity contribution in [3.8, 4) is 5.75 Å². The van der Waals surface area contributed by atoms with E-state index in [1.807, 2.05) is 47.4 Å². The maximum Gasteiger partial charge on any atom is 0.273 e. The predicted molar refractivity (Wildman–Crippen MR) is 104 cm³/mol. The van der Waals surface area contributed by atoms with Crippen LogP contribution in [-0.4, -0.2) is 22.3 Å². The minimum Gasteiger partial charge on any atom is -0.508 e. The Kier molecular flexibility index (Phi) is 4.52. The Hall–Kier alpha value is -3.31. The molecule has 2 N–H and O–H groups in total. The van der Waals surface area contributed by atoms with E-state index < -0.39 is 6.04 Å². The highest BCUT2D eigenvalue weighted by Crippen LogP contribution is 2.37. The van der Waals surface area contributed by atoms with Gasteiger partial charge in [0.2, 0.25) is 0 Å². The largest absolute Gasteiger partial charge is 0.508 e. The van der Waals surface area contributed by atoms with Gasteiger partial charge in [0, 0.05) is 13.0 Å². The van der Waals surface area contributed by atoms with Gasteiger partial charge >= 0.3 is 0 Å². The topological polar surface area (TPSA) is 64.0 Å². The van der Waals surface area contributed by atoms with Crippen LogP contribution >= 0.6 is 0 Å². The van der Waals surface area contributed by atoms with Crippen molar-refractivity contribution in [2.75, 3.05) is 9.96 Å². The Labute approximate surface area is 157 Å². The Balaban J connectivity index is 1.74. The van der Waals surface area contributed by atoms with Gasteiger partial charge in [0.15, 0.2) is 0 Å². The lowest BCUT2D eigenvalue weighted by Gasteiger charge is -2.40. The van der Waals surface area contributed by atoms with Crippen molar-refractivity contribution in [2.45, 2.75) is 19.0 Å². The van der Waals surface area contributed by atoms with Gasteiger partial charge in [-0.15, -0.1) is 0 Å². The first-order chi connectivity index (χ1) is 13.1. The lowest BCUT2D eigenvalue weighted by molar-refractivity contribution is -0.125. The number of hydroxylamine groups is 1. The fraction of sp³-hybridized carbons (Fsp3) is 0.136. The molecule has 1 aliphatic heterocycles. The second-order valence-corrected chi connectivity index (χ2v) is 6.64. The fourth-order valence-electron chi connectivity index (χ4n) is 3.48. The van der Waals surface area contributed by atoms with Crippen LogP contribution in [0.5, 0.6) is 5.75 Å². The minimum absolute atomic E-state index is 0.184.